The highest BCUT2D eigenvalue weighted by atomic mass is 35.5. The van der Waals surface area contributed by atoms with Gasteiger partial charge in [0.15, 0.2) is 0 Å². The van der Waals surface area contributed by atoms with Crippen molar-refractivity contribution < 1.29 is 19.1 Å². The highest BCUT2D eigenvalue weighted by Crippen LogP contribution is 2.34. The van der Waals surface area contributed by atoms with Crippen LogP contribution in [0.2, 0.25) is 5.02 Å². The van der Waals surface area contributed by atoms with Crippen molar-refractivity contribution in [3.63, 3.8) is 0 Å². The lowest BCUT2D eigenvalue weighted by Gasteiger charge is -2.09. The summed E-state index contributed by atoms with van der Waals surface area (Å²) < 4.78 is 6.62. The Balaban J connectivity index is 1.70. The van der Waals surface area contributed by atoms with E-state index in [0.717, 1.165) is 38.7 Å². The third-order valence-electron chi connectivity index (χ3n) is 4.79. The minimum atomic E-state index is -0.644. The predicted octanol–water partition coefficient (Wildman–Crippen LogP) is 4.55. The fourth-order valence-corrected chi connectivity index (χ4v) is 4.33. The largest absolute Gasteiger partial charge is 0.468 e. The fraction of sp³-hybridized carbons (Fsp3) is 0.136. The molecular weight excluding hydrogens is 424 g/mol. The molecule has 1 aliphatic heterocycles. The first-order chi connectivity index (χ1) is 14.5. The predicted molar refractivity (Wildman–Crippen MR) is 117 cm³/mol. The Morgan fingerprint density at radius 1 is 1.13 bits per heavy atom. The summed E-state index contributed by atoms with van der Waals surface area (Å²) in [4.78, 5) is 37.5. The van der Waals surface area contributed by atoms with Gasteiger partial charge in [-0.1, -0.05) is 48.0 Å². The van der Waals surface area contributed by atoms with Gasteiger partial charge < -0.3 is 9.30 Å². The summed E-state index contributed by atoms with van der Waals surface area (Å²) in [6.07, 6.45) is 3.62. The summed E-state index contributed by atoms with van der Waals surface area (Å²) in [7, 11) is 1.21. The van der Waals surface area contributed by atoms with Crippen LogP contribution in [-0.4, -0.2) is 40.2 Å². The number of carbonyl (C=O) groups excluding carboxylic acids is 3. The molecule has 2 heterocycles. The van der Waals surface area contributed by atoms with Gasteiger partial charge in [-0.25, -0.2) is 0 Å². The third-order valence-corrected chi connectivity index (χ3v) is 6.07. The van der Waals surface area contributed by atoms with Crippen molar-refractivity contribution >= 4 is 57.5 Å². The van der Waals surface area contributed by atoms with Gasteiger partial charge in [0.2, 0.25) is 0 Å². The average molecular weight is 441 g/mol. The second-order valence-electron chi connectivity index (χ2n) is 6.66. The SMILES string of the molecule is COC(=O)CN1C(=O)S/C(=C/c2cn(Cc3ccccc3Cl)c3ccccc23)C1=O. The molecule has 6 nitrogen and oxygen atoms in total. The first-order valence-corrected chi connectivity index (χ1v) is 10.3. The van der Waals surface area contributed by atoms with Crippen LogP contribution in [0.25, 0.3) is 17.0 Å². The molecule has 1 fully saturated rings. The second-order valence-corrected chi connectivity index (χ2v) is 8.07. The molecule has 2 amide bonds. The first-order valence-electron chi connectivity index (χ1n) is 9.11. The molecule has 2 aromatic carbocycles. The van der Waals surface area contributed by atoms with E-state index >= 15 is 0 Å². The maximum Gasteiger partial charge on any atom is 0.325 e. The van der Waals surface area contributed by atoms with E-state index in [9.17, 15) is 14.4 Å². The van der Waals surface area contributed by atoms with E-state index in [1.165, 1.54) is 7.11 Å². The highest BCUT2D eigenvalue weighted by molar-refractivity contribution is 8.18. The molecule has 1 saturated heterocycles. The van der Waals surface area contributed by atoms with Crippen molar-refractivity contribution in [3.8, 4) is 0 Å². The zero-order valence-electron chi connectivity index (χ0n) is 16.0. The lowest BCUT2D eigenvalue weighted by Crippen LogP contribution is -2.34. The Hall–Kier alpha value is -3.03. The zero-order chi connectivity index (χ0) is 21.3. The molecular formula is C22H17ClN2O4S. The van der Waals surface area contributed by atoms with E-state index in [4.69, 9.17) is 11.6 Å². The molecule has 0 saturated carbocycles. The number of esters is 1. The average Bonchev–Trinajstić information content (AvgIpc) is 3.22. The number of carbonyl (C=O) groups is 3. The highest BCUT2D eigenvalue weighted by Gasteiger charge is 2.36. The minimum absolute atomic E-state index is 0.268. The van der Waals surface area contributed by atoms with Crippen molar-refractivity contribution in [1.82, 2.24) is 9.47 Å². The number of nitrogens with zero attached hydrogens (tertiary/aromatic N) is 2. The van der Waals surface area contributed by atoms with Crippen LogP contribution in [0.4, 0.5) is 4.79 Å². The smallest absolute Gasteiger partial charge is 0.325 e. The van der Waals surface area contributed by atoms with Gasteiger partial charge in [0.25, 0.3) is 11.1 Å². The van der Waals surface area contributed by atoms with Gasteiger partial charge in [0, 0.05) is 34.2 Å². The van der Waals surface area contributed by atoms with Crippen LogP contribution in [0.15, 0.2) is 59.6 Å². The maximum atomic E-state index is 12.6. The monoisotopic (exact) mass is 440 g/mol. The topological polar surface area (TPSA) is 68.6 Å². The Morgan fingerprint density at radius 2 is 1.87 bits per heavy atom. The summed E-state index contributed by atoms with van der Waals surface area (Å²) in [6, 6.07) is 15.5. The van der Waals surface area contributed by atoms with Crippen LogP contribution in [0.3, 0.4) is 0 Å². The molecule has 8 heteroatoms. The Labute approximate surface area is 182 Å². The van der Waals surface area contributed by atoms with Crippen LogP contribution in [0.1, 0.15) is 11.1 Å². The zero-order valence-corrected chi connectivity index (χ0v) is 17.6. The van der Waals surface area contributed by atoms with Gasteiger partial charge >= 0.3 is 5.97 Å². The summed E-state index contributed by atoms with van der Waals surface area (Å²) >= 11 is 7.13. The van der Waals surface area contributed by atoms with Crippen molar-refractivity contribution in [2.45, 2.75) is 6.54 Å². The van der Waals surface area contributed by atoms with E-state index in [1.54, 1.807) is 6.08 Å². The Morgan fingerprint density at radius 3 is 2.63 bits per heavy atom. The van der Waals surface area contributed by atoms with Crippen molar-refractivity contribution in [2.24, 2.45) is 0 Å². The fourth-order valence-electron chi connectivity index (χ4n) is 3.30. The molecule has 152 valence electrons. The number of imide groups is 1. The quantitative estimate of drug-likeness (QED) is 0.430. The van der Waals surface area contributed by atoms with Crippen molar-refractivity contribution in [2.75, 3.05) is 13.7 Å². The number of ether oxygens (including phenoxy) is 1. The summed E-state index contributed by atoms with van der Waals surface area (Å²) in [5, 5.41) is 1.14. The van der Waals surface area contributed by atoms with E-state index < -0.39 is 23.7 Å². The number of aromatic nitrogens is 1. The molecule has 0 bridgehead atoms. The van der Waals surface area contributed by atoms with Crippen molar-refractivity contribution in [1.29, 1.82) is 0 Å². The maximum absolute atomic E-state index is 12.6. The molecule has 0 aliphatic carbocycles. The number of hydrogen-bond acceptors (Lipinski definition) is 5. The van der Waals surface area contributed by atoms with Crippen LogP contribution < -0.4 is 0 Å². The van der Waals surface area contributed by atoms with E-state index in [2.05, 4.69) is 9.30 Å². The number of para-hydroxylation sites is 1. The summed E-state index contributed by atoms with van der Waals surface area (Å²) in [5.41, 5.74) is 2.77. The Bertz CT molecular complexity index is 1200. The van der Waals surface area contributed by atoms with Crippen LogP contribution >= 0.6 is 23.4 Å². The van der Waals surface area contributed by atoms with Gasteiger partial charge in [0.1, 0.15) is 6.54 Å². The normalized spacial score (nSPS) is 15.4. The number of amides is 2. The number of thioether (sulfide) groups is 1. The standard InChI is InChI=1S/C22H17ClN2O4S/c1-29-20(26)13-25-21(27)19(30-22(25)28)10-15-12-24(18-9-5-3-7-16(15)18)11-14-6-2-4-8-17(14)23/h2-10,12H,11,13H2,1H3/b19-10+. The van der Waals surface area contributed by atoms with Gasteiger partial charge in [-0.2, -0.15) is 0 Å². The van der Waals surface area contributed by atoms with E-state index in [-0.39, 0.29) is 4.91 Å². The molecule has 4 rings (SSSR count). The van der Waals surface area contributed by atoms with Gasteiger partial charge in [0.05, 0.1) is 12.0 Å². The molecule has 0 spiro atoms. The molecule has 1 aliphatic rings. The van der Waals surface area contributed by atoms with Gasteiger partial charge in [-0.15, -0.1) is 0 Å². The number of benzene rings is 2. The number of hydrogen-bond donors (Lipinski definition) is 0. The van der Waals surface area contributed by atoms with Crippen LogP contribution in [0, 0.1) is 0 Å². The molecule has 1 aromatic heterocycles. The Kier molecular flexibility index (Phi) is 5.65. The lowest BCUT2D eigenvalue weighted by atomic mass is 10.1. The molecule has 3 aromatic rings. The molecule has 0 N–H and O–H groups in total. The third kappa shape index (κ3) is 3.86. The molecule has 0 radical (unpaired) electrons. The van der Waals surface area contributed by atoms with Crippen LogP contribution in [-0.2, 0) is 20.9 Å². The van der Waals surface area contributed by atoms with Crippen molar-refractivity contribution in [3.05, 3.63) is 75.8 Å². The van der Waals surface area contributed by atoms with Gasteiger partial charge in [-0.05, 0) is 35.5 Å². The number of fused-ring (bicyclic) bond motifs is 1. The number of methoxy groups -OCH3 is 1. The van der Waals surface area contributed by atoms with Gasteiger partial charge in [-0.3, -0.25) is 19.3 Å². The number of halogens is 1. The second kappa shape index (κ2) is 8.38. The molecule has 30 heavy (non-hydrogen) atoms. The lowest BCUT2D eigenvalue weighted by molar-refractivity contribution is -0.143. The molecule has 0 unspecified atom stereocenters. The minimum Gasteiger partial charge on any atom is -0.468 e. The van der Waals surface area contributed by atoms with Crippen LogP contribution in [0.5, 0.6) is 0 Å². The first kappa shape index (κ1) is 20.3. The van der Waals surface area contributed by atoms with E-state index in [1.807, 2.05) is 54.7 Å². The summed E-state index contributed by atoms with van der Waals surface area (Å²) in [6.45, 7) is 0.171. The number of rotatable bonds is 5. The van der Waals surface area contributed by atoms with E-state index in [0.29, 0.717) is 11.6 Å². The summed E-state index contributed by atoms with van der Waals surface area (Å²) in [5.74, 6) is -1.15. The molecule has 0 atom stereocenters.